The van der Waals surface area contributed by atoms with Crippen molar-refractivity contribution in [3.8, 4) is 0 Å². The highest BCUT2D eigenvalue weighted by atomic mass is 16.7. The molecule has 0 aliphatic rings. The average Bonchev–Trinajstić information content (AvgIpc) is 2.77. The fraction of sp³-hybridized carbons (Fsp3) is 0.926. The second-order valence-corrected chi connectivity index (χ2v) is 9.49. The topological polar surface area (TPSA) is 65.1 Å². The summed E-state index contributed by atoms with van der Waals surface area (Å²) < 4.78 is 16.1. The molecule has 0 aromatic rings. The van der Waals surface area contributed by atoms with Crippen LogP contribution in [0.4, 0.5) is 4.79 Å². The first-order valence-corrected chi connectivity index (χ1v) is 13.6. The van der Waals surface area contributed by atoms with Gasteiger partial charge in [0.25, 0.3) is 0 Å². The van der Waals surface area contributed by atoms with Crippen LogP contribution in [0.1, 0.15) is 124 Å². The standard InChI is InChI=1S/C27H53NO5/c1-6-8-9-10-11-12-13-14-15-16-19-25(20-17-21-26(29)32-24(3)4)33-27(30)31-23-18-22-28(5)7-2/h24-25H,6-23H2,1-5H3. The largest absolute Gasteiger partial charge is 0.508 e. The molecular formula is C27H53NO5. The number of hydrogen-bond acceptors (Lipinski definition) is 6. The van der Waals surface area contributed by atoms with Crippen LogP contribution in [0.5, 0.6) is 0 Å². The van der Waals surface area contributed by atoms with Gasteiger partial charge in [-0.25, -0.2) is 4.79 Å². The van der Waals surface area contributed by atoms with Crippen molar-refractivity contribution in [3.63, 3.8) is 0 Å². The van der Waals surface area contributed by atoms with E-state index in [1.165, 1.54) is 51.4 Å². The first kappa shape index (κ1) is 31.7. The fourth-order valence-corrected chi connectivity index (χ4v) is 3.74. The molecule has 0 saturated heterocycles. The lowest BCUT2D eigenvalue weighted by Gasteiger charge is -2.18. The Balaban J connectivity index is 4.18. The molecule has 0 radical (unpaired) electrons. The molecule has 196 valence electrons. The van der Waals surface area contributed by atoms with Crippen molar-refractivity contribution in [2.75, 3.05) is 26.7 Å². The molecule has 0 saturated carbocycles. The molecule has 0 N–H and O–H groups in total. The molecule has 0 aromatic heterocycles. The van der Waals surface area contributed by atoms with Gasteiger partial charge in [-0.3, -0.25) is 4.79 Å². The van der Waals surface area contributed by atoms with E-state index in [0.717, 1.165) is 38.8 Å². The molecule has 33 heavy (non-hydrogen) atoms. The number of hydrogen-bond donors (Lipinski definition) is 0. The van der Waals surface area contributed by atoms with Gasteiger partial charge in [0.05, 0.1) is 12.7 Å². The van der Waals surface area contributed by atoms with Crippen LogP contribution in [0.15, 0.2) is 0 Å². The number of carbonyl (C=O) groups is 2. The molecule has 0 spiro atoms. The van der Waals surface area contributed by atoms with E-state index in [1.807, 2.05) is 20.9 Å². The van der Waals surface area contributed by atoms with E-state index in [9.17, 15) is 9.59 Å². The van der Waals surface area contributed by atoms with Gasteiger partial charge in [0.15, 0.2) is 0 Å². The van der Waals surface area contributed by atoms with Gasteiger partial charge in [-0.1, -0.05) is 71.6 Å². The van der Waals surface area contributed by atoms with Gasteiger partial charge in [-0.2, -0.15) is 0 Å². The second-order valence-electron chi connectivity index (χ2n) is 9.49. The molecule has 1 atom stereocenters. The summed E-state index contributed by atoms with van der Waals surface area (Å²) >= 11 is 0. The Morgan fingerprint density at radius 3 is 1.91 bits per heavy atom. The number of ether oxygens (including phenoxy) is 3. The van der Waals surface area contributed by atoms with E-state index >= 15 is 0 Å². The Morgan fingerprint density at radius 1 is 0.758 bits per heavy atom. The maximum atomic E-state index is 12.1. The molecule has 0 heterocycles. The van der Waals surface area contributed by atoms with Gasteiger partial charge in [0.1, 0.15) is 6.10 Å². The number of esters is 1. The summed E-state index contributed by atoms with van der Waals surface area (Å²) in [5.74, 6) is -0.190. The van der Waals surface area contributed by atoms with Crippen molar-refractivity contribution >= 4 is 12.1 Å². The third-order valence-electron chi connectivity index (χ3n) is 5.86. The van der Waals surface area contributed by atoms with Crippen molar-refractivity contribution in [1.82, 2.24) is 4.90 Å². The molecule has 0 fully saturated rings. The summed E-state index contributed by atoms with van der Waals surface area (Å²) in [6.45, 7) is 10.3. The number of carbonyl (C=O) groups excluding carboxylic acids is 2. The first-order valence-electron chi connectivity index (χ1n) is 13.6. The molecule has 0 aromatic carbocycles. The average molecular weight is 472 g/mol. The minimum absolute atomic E-state index is 0.0991. The monoisotopic (exact) mass is 471 g/mol. The summed E-state index contributed by atoms with van der Waals surface area (Å²) in [7, 11) is 2.05. The summed E-state index contributed by atoms with van der Waals surface area (Å²) in [6.07, 6.45) is 15.2. The Bertz CT molecular complexity index is 469. The zero-order chi connectivity index (χ0) is 24.7. The third-order valence-corrected chi connectivity index (χ3v) is 5.86. The molecule has 0 amide bonds. The minimum atomic E-state index is -0.587. The SMILES string of the molecule is CCCCCCCCCCCCC(CCCC(=O)OC(C)C)OC(=O)OCCCN(C)CC. The van der Waals surface area contributed by atoms with Crippen LogP contribution < -0.4 is 0 Å². The minimum Gasteiger partial charge on any atom is -0.463 e. The Labute approximate surface area is 204 Å². The van der Waals surface area contributed by atoms with E-state index in [4.69, 9.17) is 14.2 Å². The highest BCUT2D eigenvalue weighted by Gasteiger charge is 2.17. The summed E-state index contributed by atoms with van der Waals surface area (Å²) in [6, 6.07) is 0. The van der Waals surface area contributed by atoms with Gasteiger partial charge in [0, 0.05) is 13.0 Å². The predicted molar refractivity (Wildman–Crippen MR) is 136 cm³/mol. The molecule has 0 rings (SSSR count). The van der Waals surface area contributed by atoms with Crippen LogP contribution >= 0.6 is 0 Å². The van der Waals surface area contributed by atoms with E-state index in [0.29, 0.717) is 25.9 Å². The molecule has 0 bridgehead atoms. The predicted octanol–water partition coefficient (Wildman–Crippen LogP) is 7.28. The number of nitrogens with zero attached hydrogens (tertiary/aromatic N) is 1. The van der Waals surface area contributed by atoms with Crippen LogP contribution in [0, 0.1) is 0 Å². The number of rotatable bonds is 22. The highest BCUT2D eigenvalue weighted by Crippen LogP contribution is 2.17. The van der Waals surface area contributed by atoms with E-state index in [2.05, 4.69) is 18.7 Å². The van der Waals surface area contributed by atoms with Crippen molar-refractivity contribution in [3.05, 3.63) is 0 Å². The Kier molecular flexibility index (Phi) is 21.6. The van der Waals surface area contributed by atoms with Gasteiger partial charge in [-0.15, -0.1) is 0 Å². The zero-order valence-corrected chi connectivity index (χ0v) is 22.4. The van der Waals surface area contributed by atoms with Crippen molar-refractivity contribution in [1.29, 1.82) is 0 Å². The van der Waals surface area contributed by atoms with Crippen molar-refractivity contribution < 1.29 is 23.8 Å². The second kappa shape index (κ2) is 22.5. The van der Waals surface area contributed by atoms with Crippen molar-refractivity contribution in [2.24, 2.45) is 0 Å². The molecule has 6 nitrogen and oxygen atoms in total. The van der Waals surface area contributed by atoms with Crippen LogP contribution in [0.3, 0.4) is 0 Å². The van der Waals surface area contributed by atoms with E-state index in [-0.39, 0.29) is 18.2 Å². The highest BCUT2D eigenvalue weighted by molar-refractivity contribution is 5.69. The van der Waals surface area contributed by atoms with Crippen LogP contribution in [0.25, 0.3) is 0 Å². The van der Waals surface area contributed by atoms with E-state index in [1.54, 1.807) is 0 Å². The fourth-order valence-electron chi connectivity index (χ4n) is 3.74. The van der Waals surface area contributed by atoms with Crippen molar-refractivity contribution in [2.45, 2.75) is 136 Å². The maximum Gasteiger partial charge on any atom is 0.508 e. The Hall–Kier alpha value is -1.30. The van der Waals surface area contributed by atoms with Crippen LogP contribution in [0.2, 0.25) is 0 Å². The lowest BCUT2D eigenvalue weighted by Crippen LogP contribution is -2.23. The van der Waals surface area contributed by atoms with E-state index < -0.39 is 6.16 Å². The molecule has 6 heteroatoms. The van der Waals surface area contributed by atoms with Gasteiger partial charge >= 0.3 is 12.1 Å². The summed E-state index contributed by atoms with van der Waals surface area (Å²) in [4.78, 5) is 26.1. The van der Waals surface area contributed by atoms with Crippen LogP contribution in [-0.4, -0.2) is 56.0 Å². The Morgan fingerprint density at radius 2 is 1.33 bits per heavy atom. The zero-order valence-electron chi connectivity index (χ0n) is 22.4. The third kappa shape index (κ3) is 22.3. The van der Waals surface area contributed by atoms with Gasteiger partial charge in [0.2, 0.25) is 0 Å². The molecule has 0 aliphatic carbocycles. The quantitative estimate of drug-likeness (QED) is 0.122. The molecule has 0 aliphatic heterocycles. The number of unbranched alkanes of at least 4 members (excludes halogenated alkanes) is 9. The lowest BCUT2D eigenvalue weighted by molar-refractivity contribution is -0.147. The van der Waals surface area contributed by atoms with Gasteiger partial charge in [-0.05, 0) is 59.5 Å². The first-order chi connectivity index (χ1) is 15.9. The molecule has 1 unspecified atom stereocenters. The molecular weight excluding hydrogens is 418 g/mol. The van der Waals surface area contributed by atoms with Crippen LogP contribution in [-0.2, 0) is 19.0 Å². The smallest absolute Gasteiger partial charge is 0.463 e. The summed E-state index contributed by atoms with van der Waals surface area (Å²) in [5.41, 5.74) is 0. The summed E-state index contributed by atoms with van der Waals surface area (Å²) in [5, 5.41) is 0. The normalized spacial score (nSPS) is 12.2. The van der Waals surface area contributed by atoms with Gasteiger partial charge < -0.3 is 19.1 Å². The lowest BCUT2D eigenvalue weighted by atomic mass is 10.0. The maximum absolute atomic E-state index is 12.1.